The van der Waals surface area contributed by atoms with Gasteiger partial charge in [-0.3, -0.25) is 9.59 Å². The summed E-state index contributed by atoms with van der Waals surface area (Å²) in [7, 11) is 0. The minimum absolute atomic E-state index is 0.0102. The minimum Gasteiger partial charge on any atom is -0.493 e. The van der Waals surface area contributed by atoms with Gasteiger partial charge in [0.1, 0.15) is 12.4 Å². The molecule has 1 aliphatic rings. The van der Waals surface area contributed by atoms with Gasteiger partial charge in [-0.2, -0.15) is 0 Å². The van der Waals surface area contributed by atoms with Crippen LogP contribution in [-0.2, 0) is 4.79 Å². The summed E-state index contributed by atoms with van der Waals surface area (Å²) in [5.41, 5.74) is 0.674. The van der Waals surface area contributed by atoms with Gasteiger partial charge in [-0.05, 0) is 43.0 Å². The number of hydrogen-bond acceptors (Lipinski definition) is 3. The van der Waals surface area contributed by atoms with Crippen molar-refractivity contribution >= 4 is 11.9 Å². The summed E-state index contributed by atoms with van der Waals surface area (Å²) in [5, 5.41) is 9.60. The molecule has 5 nitrogen and oxygen atoms in total. The molecule has 1 N–H and O–H groups in total. The summed E-state index contributed by atoms with van der Waals surface area (Å²) < 4.78 is 5.66. The normalized spacial score (nSPS) is 16.1. The number of hydrogen-bond donors (Lipinski definition) is 1. The third-order valence-electron chi connectivity index (χ3n) is 4.91. The van der Waals surface area contributed by atoms with Gasteiger partial charge >= 0.3 is 5.97 Å². The molecule has 0 aliphatic carbocycles. The van der Waals surface area contributed by atoms with Gasteiger partial charge in [-0.25, -0.2) is 0 Å². The van der Waals surface area contributed by atoms with E-state index in [4.69, 9.17) is 4.74 Å². The number of piperidine rings is 1. The van der Waals surface area contributed by atoms with Crippen molar-refractivity contribution in [3.63, 3.8) is 0 Å². The van der Waals surface area contributed by atoms with Crippen molar-refractivity contribution in [3.8, 4) is 5.75 Å². The van der Waals surface area contributed by atoms with Crippen molar-refractivity contribution in [1.82, 2.24) is 4.90 Å². The molecule has 136 valence electrons. The van der Waals surface area contributed by atoms with Crippen LogP contribution in [0.1, 0.15) is 23.2 Å². The van der Waals surface area contributed by atoms with E-state index in [1.807, 2.05) is 65.6 Å². The lowest BCUT2D eigenvalue weighted by atomic mass is 9.84. The minimum atomic E-state index is -0.839. The lowest BCUT2D eigenvalue weighted by Crippen LogP contribution is -2.42. The number of amides is 1. The molecule has 0 radical (unpaired) electrons. The SMILES string of the molecule is O=C(O)C(COc1ccccc1)C1CCN(C(=O)c2ccccc2)CC1. The fourth-order valence-electron chi connectivity index (χ4n) is 3.38. The lowest BCUT2D eigenvalue weighted by molar-refractivity contribution is -0.145. The first-order valence-electron chi connectivity index (χ1n) is 8.90. The Labute approximate surface area is 153 Å². The Morgan fingerprint density at radius 2 is 1.58 bits per heavy atom. The molecule has 2 aromatic carbocycles. The van der Waals surface area contributed by atoms with Crippen LogP contribution < -0.4 is 4.74 Å². The number of carboxylic acids is 1. The number of likely N-dealkylation sites (tertiary alicyclic amines) is 1. The second-order valence-electron chi connectivity index (χ2n) is 6.56. The van der Waals surface area contributed by atoms with E-state index in [9.17, 15) is 14.7 Å². The quantitative estimate of drug-likeness (QED) is 0.865. The third kappa shape index (κ3) is 4.42. The van der Waals surface area contributed by atoms with Crippen molar-refractivity contribution in [2.24, 2.45) is 11.8 Å². The maximum Gasteiger partial charge on any atom is 0.310 e. The van der Waals surface area contributed by atoms with Gasteiger partial charge in [0.25, 0.3) is 5.91 Å². The van der Waals surface area contributed by atoms with Crippen molar-refractivity contribution in [1.29, 1.82) is 0 Å². The summed E-state index contributed by atoms with van der Waals surface area (Å²) >= 11 is 0. The maximum atomic E-state index is 12.5. The number of ether oxygens (including phenoxy) is 1. The second kappa shape index (κ2) is 8.52. The summed E-state index contributed by atoms with van der Waals surface area (Å²) in [6.45, 7) is 1.30. The number of benzene rings is 2. The molecule has 1 amide bonds. The van der Waals surface area contributed by atoms with E-state index in [1.165, 1.54) is 0 Å². The zero-order chi connectivity index (χ0) is 18.4. The van der Waals surface area contributed by atoms with Crippen LogP contribution in [0.5, 0.6) is 5.75 Å². The number of carbonyl (C=O) groups is 2. The molecule has 1 unspecified atom stereocenters. The van der Waals surface area contributed by atoms with Gasteiger partial charge in [0.05, 0.1) is 5.92 Å². The van der Waals surface area contributed by atoms with Crippen molar-refractivity contribution in [2.45, 2.75) is 12.8 Å². The smallest absolute Gasteiger partial charge is 0.310 e. The van der Waals surface area contributed by atoms with Gasteiger partial charge in [0.2, 0.25) is 0 Å². The first-order chi connectivity index (χ1) is 12.6. The fraction of sp³-hybridized carbons (Fsp3) is 0.333. The summed E-state index contributed by atoms with van der Waals surface area (Å²) in [5.74, 6) is -0.708. The van der Waals surface area contributed by atoms with Crippen molar-refractivity contribution < 1.29 is 19.4 Å². The molecule has 1 heterocycles. The molecule has 1 aliphatic heterocycles. The number of nitrogens with zero attached hydrogens (tertiary/aromatic N) is 1. The van der Waals surface area contributed by atoms with Crippen LogP contribution in [0.15, 0.2) is 60.7 Å². The molecule has 1 atom stereocenters. The standard InChI is InChI=1S/C21H23NO4/c23-20(17-7-3-1-4-8-17)22-13-11-16(12-14-22)19(21(24)25)15-26-18-9-5-2-6-10-18/h1-10,16,19H,11-15H2,(H,24,25). The van der Waals surface area contributed by atoms with E-state index >= 15 is 0 Å². The first kappa shape index (κ1) is 18.0. The average molecular weight is 353 g/mol. The van der Waals surface area contributed by atoms with Crippen LogP contribution in [0.2, 0.25) is 0 Å². The van der Waals surface area contributed by atoms with Gasteiger partial charge in [0.15, 0.2) is 0 Å². The predicted octanol–water partition coefficient (Wildman–Crippen LogP) is 3.32. The highest BCUT2D eigenvalue weighted by Gasteiger charge is 2.33. The van der Waals surface area contributed by atoms with Crippen LogP contribution in [0.3, 0.4) is 0 Å². The van der Waals surface area contributed by atoms with E-state index < -0.39 is 11.9 Å². The molecule has 0 aromatic heterocycles. The van der Waals surface area contributed by atoms with E-state index in [2.05, 4.69) is 0 Å². The Bertz CT molecular complexity index is 724. The molecule has 1 fully saturated rings. The largest absolute Gasteiger partial charge is 0.493 e. The zero-order valence-corrected chi connectivity index (χ0v) is 14.6. The first-order valence-corrected chi connectivity index (χ1v) is 8.90. The van der Waals surface area contributed by atoms with Crippen LogP contribution in [-0.4, -0.2) is 41.6 Å². The van der Waals surface area contributed by atoms with Crippen LogP contribution >= 0.6 is 0 Å². The average Bonchev–Trinajstić information content (AvgIpc) is 2.69. The van der Waals surface area contributed by atoms with Crippen LogP contribution in [0.4, 0.5) is 0 Å². The third-order valence-corrected chi connectivity index (χ3v) is 4.91. The summed E-state index contributed by atoms with van der Waals surface area (Å²) in [6, 6.07) is 18.4. The highest BCUT2D eigenvalue weighted by molar-refractivity contribution is 5.94. The zero-order valence-electron chi connectivity index (χ0n) is 14.6. The Morgan fingerprint density at radius 3 is 2.15 bits per heavy atom. The van der Waals surface area contributed by atoms with Crippen molar-refractivity contribution in [3.05, 3.63) is 66.2 Å². The van der Waals surface area contributed by atoms with E-state index in [1.54, 1.807) is 0 Å². The number of rotatable bonds is 6. The molecular weight excluding hydrogens is 330 g/mol. The molecule has 5 heteroatoms. The Hall–Kier alpha value is -2.82. The molecule has 0 bridgehead atoms. The molecule has 0 saturated carbocycles. The van der Waals surface area contributed by atoms with E-state index in [0.717, 1.165) is 0 Å². The highest BCUT2D eigenvalue weighted by atomic mass is 16.5. The van der Waals surface area contributed by atoms with Gasteiger partial charge in [-0.1, -0.05) is 36.4 Å². The van der Waals surface area contributed by atoms with Gasteiger partial charge in [-0.15, -0.1) is 0 Å². The van der Waals surface area contributed by atoms with Gasteiger partial charge < -0.3 is 14.7 Å². The summed E-state index contributed by atoms with van der Waals surface area (Å²) in [6.07, 6.45) is 1.35. The Morgan fingerprint density at radius 1 is 1.00 bits per heavy atom. The molecule has 2 aromatic rings. The Balaban J connectivity index is 1.56. The predicted molar refractivity (Wildman–Crippen MR) is 98.1 cm³/mol. The fourth-order valence-corrected chi connectivity index (χ4v) is 3.38. The van der Waals surface area contributed by atoms with Gasteiger partial charge in [0, 0.05) is 18.7 Å². The topological polar surface area (TPSA) is 66.8 Å². The number of aliphatic carboxylic acids is 1. The number of carbonyl (C=O) groups excluding carboxylic acids is 1. The molecular formula is C21H23NO4. The van der Waals surface area contributed by atoms with Crippen LogP contribution in [0, 0.1) is 11.8 Å². The van der Waals surface area contributed by atoms with Crippen molar-refractivity contribution in [2.75, 3.05) is 19.7 Å². The van der Waals surface area contributed by atoms with Crippen LogP contribution in [0.25, 0.3) is 0 Å². The highest BCUT2D eigenvalue weighted by Crippen LogP contribution is 2.27. The maximum absolute atomic E-state index is 12.5. The molecule has 3 rings (SSSR count). The van der Waals surface area contributed by atoms with E-state index in [0.29, 0.717) is 37.2 Å². The van der Waals surface area contributed by atoms with E-state index in [-0.39, 0.29) is 18.4 Å². The molecule has 0 spiro atoms. The molecule has 26 heavy (non-hydrogen) atoms. The number of carboxylic acid groups (broad SMARTS) is 1. The summed E-state index contributed by atoms with van der Waals surface area (Å²) in [4.78, 5) is 26.0. The molecule has 1 saturated heterocycles. The Kier molecular flexibility index (Phi) is 5.89. The monoisotopic (exact) mass is 353 g/mol. The number of para-hydroxylation sites is 1. The lowest BCUT2D eigenvalue weighted by Gasteiger charge is -2.34. The second-order valence-corrected chi connectivity index (χ2v) is 6.56.